The molecule has 4 rings (SSSR count). The van der Waals surface area contributed by atoms with Gasteiger partial charge in [-0.3, -0.25) is 9.48 Å². The van der Waals surface area contributed by atoms with Crippen molar-refractivity contribution in [2.24, 2.45) is 0 Å². The number of furan rings is 1. The van der Waals surface area contributed by atoms with Crippen molar-refractivity contribution in [1.82, 2.24) is 9.78 Å². The largest absolute Gasteiger partial charge is 0.460 e. The number of nitrogens with zero attached hydrogens (tertiary/aromatic N) is 2. The summed E-state index contributed by atoms with van der Waals surface area (Å²) in [5.41, 5.74) is 9.84. The van der Waals surface area contributed by atoms with Gasteiger partial charge in [0.25, 0.3) is 5.91 Å². The molecule has 3 N–H and O–H groups in total. The number of aryl methyl sites for hydroxylation is 1. The lowest BCUT2D eigenvalue weighted by Crippen LogP contribution is -2.14. The fraction of sp³-hybridized carbons (Fsp3) is 0.217. The summed E-state index contributed by atoms with van der Waals surface area (Å²) in [6.45, 7) is 6.51. The minimum absolute atomic E-state index is 0.274. The fourth-order valence-corrected chi connectivity index (χ4v) is 3.60. The minimum Gasteiger partial charge on any atom is -0.460 e. The van der Waals surface area contributed by atoms with Crippen LogP contribution in [0.2, 0.25) is 5.02 Å². The van der Waals surface area contributed by atoms with E-state index in [1.54, 1.807) is 22.9 Å². The van der Waals surface area contributed by atoms with Crippen molar-refractivity contribution in [1.29, 1.82) is 0 Å². The summed E-state index contributed by atoms with van der Waals surface area (Å²) in [4.78, 5) is 12.6. The number of anilines is 2. The van der Waals surface area contributed by atoms with Gasteiger partial charge in [0.1, 0.15) is 11.3 Å². The summed E-state index contributed by atoms with van der Waals surface area (Å²) in [5.74, 6) is 0.869. The first-order valence-electron chi connectivity index (χ1n) is 9.74. The molecule has 2 aromatic carbocycles. The number of amides is 1. The molecule has 4 aromatic rings. The van der Waals surface area contributed by atoms with E-state index in [-0.39, 0.29) is 11.8 Å². The number of fused-ring (bicyclic) bond motifs is 1. The molecule has 2 heterocycles. The van der Waals surface area contributed by atoms with Crippen LogP contribution >= 0.6 is 11.6 Å². The maximum atomic E-state index is 12.6. The van der Waals surface area contributed by atoms with Crippen molar-refractivity contribution in [3.8, 4) is 0 Å². The van der Waals surface area contributed by atoms with Gasteiger partial charge < -0.3 is 15.5 Å². The van der Waals surface area contributed by atoms with Crippen LogP contribution in [-0.2, 0) is 6.54 Å². The SMILES string of the molecule is Cc1cc(C(=O)Nc2ccccc2N)nn1Cc1cc(Cl)cc2cc(C(C)C)oc12. The summed E-state index contributed by atoms with van der Waals surface area (Å²) < 4.78 is 7.85. The number of carbonyl (C=O) groups excluding carboxylic acids is 1. The third kappa shape index (κ3) is 3.91. The highest BCUT2D eigenvalue weighted by molar-refractivity contribution is 6.31. The van der Waals surface area contributed by atoms with Crippen molar-refractivity contribution in [2.75, 3.05) is 11.1 Å². The van der Waals surface area contributed by atoms with E-state index in [1.807, 2.05) is 37.3 Å². The summed E-state index contributed by atoms with van der Waals surface area (Å²) in [5, 5.41) is 8.89. The molecule has 0 bridgehead atoms. The van der Waals surface area contributed by atoms with Crippen LogP contribution in [0.15, 0.2) is 52.9 Å². The molecule has 0 aliphatic rings. The Morgan fingerprint density at radius 3 is 2.73 bits per heavy atom. The Morgan fingerprint density at radius 1 is 1.23 bits per heavy atom. The lowest BCUT2D eigenvalue weighted by atomic mass is 10.1. The van der Waals surface area contributed by atoms with Gasteiger partial charge >= 0.3 is 0 Å². The molecule has 0 atom stereocenters. The Balaban J connectivity index is 1.63. The van der Waals surface area contributed by atoms with E-state index >= 15 is 0 Å². The van der Waals surface area contributed by atoms with Crippen molar-refractivity contribution in [3.63, 3.8) is 0 Å². The van der Waals surface area contributed by atoms with Crippen LogP contribution < -0.4 is 11.1 Å². The van der Waals surface area contributed by atoms with Gasteiger partial charge in [-0.25, -0.2) is 0 Å². The predicted octanol–water partition coefficient (Wildman–Crippen LogP) is 5.60. The van der Waals surface area contributed by atoms with E-state index in [9.17, 15) is 4.79 Å². The number of nitrogen functional groups attached to an aromatic ring is 1. The van der Waals surface area contributed by atoms with E-state index in [1.165, 1.54) is 0 Å². The Morgan fingerprint density at radius 2 is 2.00 bits per heavy atom. The maximum Gasteiger partial charge on any atom is 0.276 e. The highest BCUT2D eigenvalue weighted by atomic mass is 35.5. The molecule has 0 unspecified atom stereocenters. The minimum atomic E-state index is -0.314. The predicted molar refractivity (Wildman–Crippen MR) is 120 cm³/mol. The van der Waals surface area contributed by atoms with Crippen molar-refractivity contribution >= 4 is 39.9 Å². The van der Waals surface area contributed by atoms with Crippen LogP contribution in [0.5, 0.6) is 0 Å². The fourth-order valence-electron chi connectivity index (χ4n) is 3.35. The summed E-state index contributed by atoms with van der Waals surface area (Å²) in [6, 6.07) is 14.7. The second-order valence-electron chi connectivity index (χ2n) is 7.66. The van der Waals surface area contributed by atoms with Gasteiger partial charge in [-0.15, -0.1) is 0 Å². The molecule has 0 aliphatic carbocycles. The number of nitrogens with two attached hydrogens (primary N) is 1. The Kier molecular flexibility index (Phi) is 5.26. The lowest BCUT2D eigenvalue weighted by molar-refractivity contribution is 0.102. The highest BCUT2D eigenvalue weighted by Crippen LogP contribution is 2.31. The Labute approximate surface area is 179 Å². The monoisotopic (exact) mass is 422 g/mol. The molecular weight excluding hydrogens is 400 g/mol. The molecule has 7 heteroatoms. The zero-order valence-corrected chi connectivity index (χ0v) is 17.8. The molecule has 30 heavy (non-hydrogen) atoms. The first-order valence-corrected chi connectivity index (χ1v) is 10.1. The highest BCUT2D eigenvalue weighted by Gasteiger charge is 2.17. The second-order valence-corrected chi connectivity index (χ2v) is 8.09. The summed E-state index contributed by atoms with van der Waals surface area (Å²) in [7, 11) is 0. The molecule has 0 fully saturated rings. The van der Waals surface area contributed by atoms with Gasteiger partial charge in [-0.1, -0.05) is 37.6 Å². The molecule has 0 saturated heterocycles. The van der Waals surface area contributed by atoms with Crippen LogP contribution in [0.25, 0.3) is 11.0 Å². The lowest BCUT2D eigenvalue weighted by Gasteiger charge is -2.07. The standard InChI is InChI=1S/C23H23ClN4O2/c1-13(2)21-11-15-9-17(24)10-16(22(15)30-21)12-28-14(3)8-20(27-28)23(29)26-19-7-5-4-6-18(19)25/h4-11,13H,12,25H2,1-3H3,(H,26,29). The zero-order chi connectivity index (χ0) is 21.4. The first kappa shape index (κ1) is 20.0. The van der Waals surface area contributed by atoms with E-state index < -0.39 is 0 Å². The van der Waals surface area contributed by atoms with Gasteiger partial charge in [0.15, 0.2) is 5.69 Å². The van der Waals surface area contributed by atoms with Crippen LogP contribution in [0, 0.1) is 6.92 Å². The second kappa shape index (κ2) is 7.88. The topological polar surface area (TPSA) is 86.1 Å². The van der Waals surface area contributed by atoms with E-state index in [2.05, 4.69) is 24.3 Å². The van der Waals surface area contributed by atoms with Gasteiger partial charge in [0, 0.05) is 27.6 Å². The first-order chi connectivity index (χ1) is 14.3. The molecule has 154 valence electrons. The number of hydrogen-bond acceptors (Lipinski definition) is 4. The number of halogens is 1. The average Bonchev–Trinajstić information content (AvgIpc) is 3.28. The number of nitrogens with one attached hydrogen (secondary N) is 1. The van der Waals surface area contributed by atoms with E-state index in [4.69, 9.17) is 21.8 Å². The number of carbonyl (C=O) groups is 1. The molecule has 6 nitrogen and oxygen atoms in total. The third-order valence-electron chi connectivity index (χ3n) is 4.99. The van der Waals surface area contributed by atoms with E-state index in [0.717, 1.165) is 28.0 Å². The quantitative estimate of drug-likeness (QED) is 0.410. The number of hydrogen-bond donors (Lipinski definition) is 2. The van der Waals surface area contributed by atoms with Crippen molar-refractivity contribution in [2.45, 2.75) is 33.2 Å². The summed E-state index contributed by atoms with van der Waals surface area (Å²) in [6.07, 6.45) is 0. The number of para-hydroxylation sites is 2. The molecule has 0 radical (unpaired) electrons. The van der Waals surface area contributed by atoms with Crippen molar-refractivity contribution in [3.05, 3.63) is 76.3 Å². The molecule has 2 aromatic heterocycles. The normalized spacial score (nSPS) is 11.4. The van der Waals surface area contributed by atoms with Crippen molar-refractivity contribution < 1.29 is 9.21 Å². The van der Waals surface area contributed by atoms with Crippen LogP contribution in [-0.4, -0.2) is 15.7 Å². The molecular formula is C23H23ClN4O2. The van der Waals surface area contributed by atoms with E-state index in [0.29, 0.717) is 28.6 Å². The Hall–Kier alpha value is -3.25. The van der Waals surface area contributed by atoms with Gasteiger partial charge in [0.2, 0.25) is 0 Å². The smallest absolute Gasteiger partial charge is 0.276 e. The molecule has 0 saturated carbocycles. The zero-order valence-electron chi connectivity index (χ0n) is 17.1. The van der Waals surface area contributed by atoms with Gasteiger partial charge in [0.05, 0.1) is 17.9 Å². The number of aromatic nitrogens is 2. The maximum absolute atomic E-state index is 12.6. The third-order valence-corrected chi connectivity index (χ3v) is 5.21. The molecule has 0 aliphatic heterocycles. The molecule has 1 amide bonds. The van der Waals surface area contributed by atoms with Gasteiger partial charge in [-0.2, -0.15) is 5.10 Å². The van der Waals surface area contributed by atoms with Crippen LogP contribution in [0.4, 0.5) is 11.4 Å². The number of benzene rings is 2. The Bertz CT molecular complexity index is 1240. The number of rotatable bonds is 5. The molecule has 0 spiro atoms. The van der Waals surface area contributed by atoms with Crippen LogP contribution in [0.3, 0.4) is 0 Å². The van der Waals surface area contributed by atoms with Gasteiger partial charge in [-0.05, 0) is 43.3 Å². The average molecular weight is 423 g/mol. The van der Waals surface area contributed by atoms with Crippen LogP contribution in [0.1, 0.15) is 47.3 Å². The summed E-state index contributed by atoms with van der Waals surface area (Å²) >= 11 is 6.33.